The Hall–Kier alpha value is -3.20. The van der Waals surface area contributed by atoms with E-state index in [1.165, 1.54) is 16.7 Å². The number of hydrogen-bond acceptors (Lipinski definition) is 4. The van der Waals surface area contributed by atoms with Gasteiger partial charge < -0.3 is 15.2 Å². The van der Waals surface area contributed by atoms with Crippen LogP contribution in [-0.2, 0) is 20.1 Å². The first-order chi connectivity index (χ1) is 22.4. The van der Waals surface area contributed by atoms with Crippen LogP contribution in [0.5, 0.6) is 0 Å². The molecule has 0 bridgehead atoms. The second-order valence-corrected chi connectivity index (χ2v) is 13.1. The van der Waals surface area contributed by atoms with E-state index in [2.05, 4.69) is 104 Å². The van der Waals surface area contributed by atoms with Crippen molar-refractivity contribution in [1.82, 2.24) is 9.97 Å². The first-order valence-electron chi connectivity index (χ1n) is 17.2. The van der Waals surface area contributed by atoms with Crippen molar-refractivity contribution in [3.8, 4) is 33.8 Å². The number of benzene rings is 3. The molecule has 1 aromatic heterocycles. The van der Waals surface area contributed by atoms with E-state index in [1.54, 1.807) is 0 Å². The maximum Gasteiger partial charge on any atom is 0.190 e. The molecule has 0 saturated carbocycles. The topological polar surface area (TPSA) is 70.6 Å². The number of aryl methyl sites for hydroxylation is 5. The van der Waals surface area contributed by atoms with Gasteiger partial charge in [-0.15, -0.1) is 34.9 Å². The van der Waals surface area contributed by atoms with Gasteiger partial charge >= 0.3 is 0 Å². The number of aromatic nitrogens is 2. The molecule has 3 aromatic carbocycles. The minimum absolute atomic E-state index is 0. The first-order valence-corrected chi connectivity index (χ1v) is 17.2. The number of aliphatic hydroxyl groups excluding tert-OH is 2. The van der Waals surface area contributed by atoms with Gasteiger partial charge in [0.15, 0.2) is 5.69 Å². The molecular weight excluding hydrogens is 771 g/mol. The van der Waals surface area contributed by atoms with E-state index in [0.717, 1.165) is 76.1 Å². The van der Waals surface area contributed by atoms with Gasteiger partial charge in [-0.1, -0.05) is 109 Å². The van der Waals surface area contributed by atoms with Crippen LogP contribution in [0.25, 0.3) is 38.6 Å². The van der Waals surface area contributed by atoms with Gasteiger partial charge in [0.05, 0.1) is 30.2 Å². The molecule has 1 radical (unpaired) electrons. The first kappa shape index (κ1) is 41.0. The monoisotopic (exact) mass is 825 g/mol. The minimum Gasteiger partial charge on any atom is -0.393 e. The van der Waals surface area contributed by atoms with Crippen LogP contribution in [0.1, 0.15) is 93.2 Å². The van der Waals surface area contributed by atoms with Crippen LogP contribution < -0.4 is 0 Å². The summed E-state index contributed by atoms with van der Waals surface area (Å²) in [4.78, 5) is 13.7. The van der Waals surface area contributed by atoms with Crippen molar-refractivity contribution in [2.75, 3.05) is 0 Å². The Balaban J connectivity index is 0.000000427. The third-order valence-electron chi connectivity index (χ3n) is 9.36. The molecule has 4 rings (SSSR count). The van der Waals surface area contributed by atoms with E-state index >= 15 is 0 Å². The van der Waals surface area contributed by atoms with Gasteiger partial charge in [0.25, 0.3) is 0 Å². The van der Waals surface area contributed by atoms with Crippen LogP contribution in [0.4, 0.5) is 5.69 Å². The van der Waals surface area contributed by atoms with Crippen molar-refractivity contribution in [3.05, 3.63) is 99.5 Å². The molecular formula is C42H54IrN3O2-. The predicted molar refractivity (Wildman–Crippen MR) is 197 cm³/mol. The van der Waals surface area contributed by atoms with E-state index in [9.17, 15) is 10.2 Å². The molecule has 4 aromatic rings. The maximum atomic E-state index is 9.96. The fraction of sp³-hybridized carbons (Fsp3) is 0.452. The van der Waals surface area contributed by atoms with Gasteiger partial charge in [-0.05, 0) is 68.2 Å². The Morgan fingerprint density at radius 2 is 1.29 bits per heavy atom. The van der Waals surface area contributed by atoms with Crippen molar-refractivity contribution in [2.45, 2.75) is 114 Å². The van der Waals surface area contributed by atoms with Gasteiger partial charge in [0.1, 0.15) is 0 Å². The molecule has 2 atom stereocenters. The van der Waals surface area contributed by atoms with Crippen LogP contribution in [0.15, 0.2) is 48.7 Å². The predicted octanol–water partition coefficient (Wildman–Crippen LogP) is 10.6. The number of aliphatic hydroxyl groups is 2. The summed E-state index contributed by atoms with van der Waals surface area (Å²) >= 11 is 0. The Bertz CT molecular complexity index is 1630. The molecule has 0 spiro atoms. The zero-order chi connectivity index (χ0) is 34.8. The van der Waals surface area contributed by atoms with Crippen molar-refractivity contribution in [1.29, 1.82) is 0 Å². The quantitative estimate of drug-likeness (QED) is 0.148. The zero-order valence-electron chi connectivity index (χ0n) is 30.5. The molecule has 2 N–H and O–H groups in total. The van der Waals surface area contributed by atoms with Crippen molar-refractivity contribution in [2.24, 2.45) is 11.8 Å². The average molecular weight is 825 g/mol. The van der Waals surface area contributed by atoms with Crippen LogP contribution >= 0.6 is 0 Å². The molecule has 0 aliphatic heterocycles. The molecule has 0 saturated heterocycles. The number of rotatable bonds is 11. The summed E-state index contributed by atoms with van der Waals surface area (Å²) in [6.45, 7) is 28.3. The molecule has 48 heavy (non-hydrogen) atoms. The van der Waals surface area contributed by atoms with Crippen LogP contribution in [0.3, 0.4) is 0 Å². The minimum atomic E-state index is -0.337. The third-order valence-corrected chi connectivity index (χ3v) is 9.36. The summed E-state index contributed by atoms with van der Waals surface area (Å²) in [7, 11) is 0. The standard InChI is InChI=1S/C29H26N3.C13H28O2.Ir/c1-17-10-18(2)13-23(12-17)28-29(24-14-19(3)11-20(4)15-24)32-26(16-31-28)27-21(5)8-9-25(30-7)22(27)6;1-5-10(6-2)12(14)9-13(15)11(7-3)8-4;/h8-12,14-16H,1-6H3;10-15H,5-9H2,1-4H3;/q-1;;. The summed E-state index contributed by atoms with van der Waals surface area (Å²) in [5.41, 5.74) is 12.7. The number of hydrogen-bond donors (Lipinski definition) is 2. The number of nitrogens with zero attached hydrogens (tertiary/aromatic N) is 3. The second kappa shape index (κ2) is 19.1. The van der Waals surface area contributed by atoms with Crippen LogP contribution in [-0.4, -0.2) is 32.4 Å². The maximum absolute atomic E-state index is 9.96. The molecule has 0 amide bonds. The fourth-order valence-electron chi connectivity index (χ4n) is 6.69. The zero-order valence-corrected chi connectivity index (χ0v) is 32.9. The van der Waals surface area contributed by atoms with Crippen molar-refractivity contribution < 1.29 is 30.3 Å². The summed E-state index contributed by atoms with van der Waals surface area (Å²) in [5, 5.41) is 19.9. The van der Waals surface area contributed by atoms with Gasteiger partial charge in [-0.2, -0.15) is 0 Å². The Morgan fingerprint density at radius 3 is 1.79 bits per heavy atom. The molecule has 5 nitrogen and oxygen atoms in total. The third kappa shape index (κ3) is 10.4. The molecule has 0 aliphatic carbocycles. The molecule has 1 heterocycles. The van der Waals surface area contributed by atoms with E-state index < -0.39 is 0 Å². The Kier molecular flexibility index (Phi) is 16.3. The second-order valence-electron chi connectivity index (χ2n) is 13.1. The molecule has 259 valence electrons. The normalized spacial score (nSPS) is 12.2. The van der Waals surface area contributed by atoms with Crippen LogP contribution in [0, 0.1) is 66.0 Å². The van der Waals surface area contributed by atoms with E-state index in [0.29, 0.717) is 23.9 Å². The SMILES string of the molecule is CCC(CC)C(O)CC(O)C(CC)CC.[C-]#[N+]c1ccc(C)c(-c2cnc(-c3[c-]c(C)cc(C)c3)c(-c3cc(C)cc(C)c3)n2)c1C.[Ir]. The summed E-state index contributed by atoms with van der Waals surface area (Å²) < 4.78 is 0. The van der Waals surface area contributed by atoms with E-state index in [-0.39, 0.29) is 32.3 Å². The van der Waals surface area contributed by atoms with Gasteiger partial charge in [-0.3, -0.25) is 4.98 Å². The van der Waals surface area contributed by atoms with Crippen LogP contribution in [0.2, 0.25) is 0 Å². The Labute approximate surface area is 303 Å². The summed E-state index contributed by atoms with van der Waals surface area (Å²) in [5.74, 6) is 0.683. The van der Waals surface area contributed by atoms with E-state index in [1.807, 2.05) is 25.3 Å². The molecule has 6 heteroatoms. The van der Waals surface area contributed by atoms with Crippen molar-refractivity contribution in [3.63, 3.8) is 0 Å². The van der Waals surface area contributed by atoms with Gasteiger partial charge in [-0.25, -0.2) is 4.85 Å². The van der Waals surface area contributed by atoms with Crippen molar-refractivity contribution >= 4 is 5.69 Å². The van der Waals surface area contributed by atoms with E-state index in [4.69, 9.17) is 16.5 Å². The van der Waals surface area contributed by atoms with Gasteiger partial charge in [0.2, 0.25) is 0 Å². The van der Waals surface area contributed by atoms with Gasteiger partial charge in [0, 0.05) is 32.0 Å². The summed E-state index contributed by atoms with van der Waals surface area (Å²) in [6, 6.07) is 18.0. The smallest absolute Gasteiger partial charge is 0.190 e. The molecule has 0 fully saturated rings. The Morgan fingerprint density at radius 1 is 0.750 bits per heavy atom. The fourth-order valence-corrected chi connectivity index (χ4v) is 6.69. The molecule has 0 aliphatic rings. The summed E-state index contributed by atoms with van der Waals surface area (Å²) in [6.07, 6.45) is 5.67. The largest absolute Gasteiger partial charge is 0.393 e. The molecule has 2 unspecified atom stereocenters. The average Bonchev–Trinajstić information content (AvgIpc) is 3.01.